The van der Waals surface area contributed by atoms with E-state index in [9.17, 15) is 0 Å². The van der Waals surface area contributed by atoms with Gasteiger partial charge in [-0.05, 0) is 6.54 Å². The van der Waals surface area contributed by atoms with E-state index >= 15 is 0 Å². The predicted octanol–water partition coefficient (Wildman–Crippen LogP) is -0.757. The van der Waals surface area contributed by atoms with Crippen molar-refractivity contribution in [3.8, 4) is 0 Å². The smallest absolute Gasteiger partial charge is 0.303 e. The van der Waals surface area contributed by atoms with E-state index < -0.39 is 10.0 Å². The van der Waals surface area contributed by atoms with Crippen molar-refractivity contribution in [2.24, 2.45) is 5.73 Å². The van der Waals surface area contributed by atoms with Crippen LogP contribution >= 0.6 is 0 Å². The number of rotatable bonds is 2. The van der Waals surface area contributed by atoms with Crippen LogP contribution in [0.4, 0.5) is 0 Å². The summed E-state index contributed by atoms with van der Waals surface area (Å²) in [7, 11) is 2.73. The lowest BCUT2D eigenvalue weighted by Crippen LogP contribution is -1.93. The molecule has 4 heteroatoms. The normalized spacial score (nSPS) is 7.50. The molecule has 0 aromatic heterocycles. The molecular formula is C4H15NO2Si. The van der Waals surface area contributed by atoms with Crippen LogP contribution in [0, 0.1) is 0 Å². The van der Waals surface area contributed by atoms with Crippen LogP contribution in [0.25, 0.3) is 0 Å². The third-order valence-electron chi connectivity index (χ3n) is 0.236. The fraction of sp³-hybridized carbons (Fsp3) is 1.00. The van der Waals surface area contributed by atoms with Gasteiger partial charge >= 0.3 is 10.0 Å². The zero-order valence-electron chi connectivity index (χ0n) is 5.81. The van der Waals surface area contributed by atoms with Crippen molar-refractivity contribution < 1.29 is 8.85 Å². The Morgan fingerprint density at radius 2 is 1.62 bits per heavy atom. The van der Waals surface area contributed by atoms with Crippen molar-refractivity contribution in [3.63, 3.8) is 0 Å². The Labute approximate surface area is 53.2 Å². The third-order valence-corrected chi connectivity index (χ3v) is 0.707. The summed E-state index contributed by atoms with van der Waals surface area (Å²) in [5.74, 6) is 0. The van der Waals surface area contributed by atoms with Gasteiger partial charge in [0.2, 0.25) is 0 Å². The highest BCUT2D eigenvalue weighted by Crippen LogP contribution is 1.55. The molecule has 0 radical (unpaired) electrons. The van der Waals surface area contributed by atoms with Gasteiger partial charge < -0.3 is 14.6 Å². The molecular weight excluding hydrogens is 122 g/mol. The minimum atomic E-state index is -0.568. The predicted molar refractivity (Wildman–Crippen MR) is 37.3 cm³/mol. The first-order valence-corrected chi connectivity index (χ1v) is 3.66. The molecule has 0 saturated heterocycles. The van der Waals surface area contributed by atoms with Gasteiger partial charge in [-0.2, -0.15) is 0 Å². The molecule has 0 unspecified atom stereocenters. The fourth-order valence-corrected chi connectivity index (χ4v) is 0.354. The van der Waals surface area contributed by atoms with E-state index in [4.69, 9.17) is 5.73 Å². The lowest BCUT2D eigenvalue weighted by Gasteiger charge is -1.86. The Bertz CT molecular complexity index is 28.0. The molecule has 0 fully saturated rings. The van der Waals surface area contributed by atoms with Crippen LogP contribution in [0.1, 0.15) is 6.92 Å². The lowest BCUT2D eigenvalue weighted by atomic mass is 10.8. The molecule has 0 rings (SSSR count). The van der Waals surface area contributed by atoms with Crippen molar-refractivity contribution >= 4 is 10.0 Å². The van der Waals surface area contributed by atoms with Crippen molar-refractivity contribution in [1.82, 2.24) is 0 Å². The average Bonchev–Trinajstić information content (AvgIpc) is 1.71. The van der Waals surface area contributed by atoms with Crippen LogP contribution in [0.3, 0.4) is 0 Å². The van der Waals surface area contributed by atoms with Gasteiger partial charge in [0.05, 0.1) is 0 Å². The third kappa shape index (κ3) is 36.0. The molecule has 52 valence electrons. The molecule has 0 heterocycles. The zero-order valence-corrected chi connectivity index (χ0v) is 7.22. The highest BCUT2D eigenvalue weighted by atomic mass is 28.3. The Morgan fingerprint density at radius 3 is 1.62 bits per heavy atom. The van der Waals surface area contributed by atoms with Gasteiger partial charge in [-0.1, -0.05) is 6.92 Å². The van der Waals surface area contributed by atoms with Crippen LogP contribution in [0.2, 0.25) is 0 Å². The van der Waals surface area contributed by atoms with E-state index in [1.807, 2.05) is 6.92 Å². The summed E-state index contributed by atoms with van der Waals surface area (Å²) in [5.41, 5.74) is 4.85. The Kier molecular flexibility index (Phi) is 21.6. The molecule has 0 aliphatic rings. The van der Waals surface area contributed by atoms with E-state index in [-0.39, 0.29) is 0 Å². The van der Waals surface area contributed by atoms with Gasteiger partial charge in [-0.15, -0.1) is 0 Å². The minimum Gasteiger partial charge on any atom is -0.402 e. The van der Waals surface area contributed by atoms with Crippen LogP contribution in [0.5, 0.6) is 0 Å². The summed E-state index contributed by atoms with van der Waals surface area (Å²) in [6.07, 6.45) is 0. The lowest BCUT2D eigenvalue weighted by molar-refractivity contribution is 0.309. The molecule has 0 saturated carbocycles. The second-order valence-corrected chi connectivity index (χ2v) is 2.49. The first-order valence-electron chi connectivity index (χ1n) is 2.51. The van der Waals surface area contributed by atoms with E-state index in [0.717, 1.165) is 6.54 Å². The van der Waals surface area contributed by atoms with Crippen molar-refractivity contribution in [2.75, 3.05) is 20.8 Å². The van der Waals surface area contributed by atoms with Gasteiger partial charge in [0.25, 0.3) is 0 Å². The van der Waals surface area contributed by atoms with Gasteiger partial charge in [0, 0.05) is 14.2 Å². The first-order chi connectivity index (χ1) is 3.83. The summed E-state index contributed by atoms with van der Waals surface area (Å²) in [5, 5.41) is 0. The number of hydrogen-bond donors (Lipinski definition) is 1. The summed E-state index contributed by atoms with van der Waals surface area (Å²) in [6.45, 7) is 2.65. The second-order valence-electron chi connectivity index (χ2n) is 1.10. The molecule has 0 atom stereocenters. The molecule has 0 aliphatic heterocycles. The van der Waals surface area contributed by atoms with Crippen molar-refractivity contribution in [2.45, 2.75) is 6.92 Å². The van der Waals surface area contributed by atoms with Crippen molar-refractivity contribution in [3.05, 3.63) is 0 Å². The van der Waals surface area contributed by atoms with Gasteiger partial charge in [-0.3, -0.25) is 0 Å². The molecule has 3 nitrogen and oxygen atoms in total. The van der Waals surface area contributed by atoms with E-state index in [0.29, 0.717) is 0 Å². The summed E-state index contributed by atoms with van der Waals surface area (Å²) < 4.78 is 9.22. The molecule has 2 N–H and O–H groups in total. The summed E-state index contributed by atoms with van der Waals surface area (Å²) in [4.78, 5) is 0. The monoisotopic (exact) mass is 137 g/mol. The molecule has 0 spiro atoms. The molecule has 0 amide bonds. The largest absolute Gasteiger partial charge is 0.402 e. The maximum Gasteiger partial charge on any atom is 0.303 e. The highest BCUT2D eigenvalue weighted by Gasteiger charge is 1.67. The minimum absolute atomic E-state index is 0.568. The average molecular weight is 137 g/mol. The fourth-order valence-electron chi connectivity index (χ4n) is 0.118. The van der Waals surface area contributed by atoms with Crippen LogP contribution in [-0.4, -0.2) is 30.8 Å². The quantitative estimate of drug-likeness (QED) is 0.509. The Morgan fingerprint density at radius 1 is 1.38 bits per heavy atom. The highest BCUT2D eigenvalue weighted by molar-refractivity contribution is 6.17. The summed E-state index contributed by atoms with van der Waals surface area (Å²) in [6, 6.07) is 0. The van der Waals surface area contributed by atoms with Crippen LogP contribution in [-0.2, 0) is 8.85 Å². The van der Waals surface area contributed by atoms with Gasteiger partial charge in [0.15, 0.2) is 0 Å². The number of hydrogen-bond acceptors (Lipinski definition) is 3. The molecule has 0 aromatic carbocycles. The Hall–Kier alpha value is 0.0969. The van der Waals surface area contributed by atoms with Crippen LogP contribution < -0.4 is 5.73 Å². The molecule has 8 heavy (non-hydrogen) atoms. The SMILES string of the molecule is CCN.CO[SiH2]OC. The maximum atomic E-state index is 4.85. The first kappa shape index (κ1) is 11.0. The van der Waals surface area contributed by atoms with Gasteiger partial charge in [-0.25, -0.2) is 0 Å². The molecule has 0 bridgehead atoms. The summed E-state index contributed by atoms with van der Waals surface area (Å²) >= 11 is 0. The maximum absolute atomic E-state index is 4.85. The van der Waals surface area contributed by atoms with E-state index in [2.05, 4.69) is 8.85 Å². The second kappa shape index (κ2) is 15.7. The number of nitrogens with two attached hydrogens (primary N) is 1. The van der Waals surface area contributed by atoms with Crippen molar-refractivity contribution in [1.29, 1.82) is 0 Å². The van der Waals surface area contributed by atoms with Crippen LogP contribution in [0.15, 0.2) is 0 Å². The standard InChI is InChI=1S/C2H7N.C2H8O2Si/c1-2-3;1-3-5-4-2/h2-3H2,1H3;5H2,1-2H3. The van der Waals surface area contributed by atoms with Gasteiger partial charge in [0.1, 0.15) is 0 Å². The molecule has 0 aromatic rings. The zero-order chi connectivity index (χ0) is 6.83. The molecule has 0 aliphatic carbocycles. The van der Waals surface area contributed by atoms with E-state index in [1.165, 1.54) is 0 Å². The van der Waals surface area contributed by atoms with E-state index in [1.54, 1.807) is 14.2 Å². The topological polar surface area (TPSA) is 44.5 Å². The Balaban J connectivity index is 0.